The van der Waals surface area contributed by atoms with Crippen molar-refractivity contribution in [3.8, 4) is 17.6 Å². The van der Waals surface area contributed by atoms with Crippen molar-refractivity contribution in [2.45, 2.75) is 11.5 Å². The topological polar surface area (TPSA) is 101 Å². The maximum Gasteiger partial charge on any atom is 0.265 e. The minimum Gasteiger partial charge on any atom is -0.495 e. The van der Waals surface area contributed by atoms with E-state index in [1.165, 1.54) is 25.6 Å². The molecule has 0 saturated heterocycles. The van der Waals surface area contributed by atoms with E-state index in [1.807, 2.05) is 4.72 Å². The van der Waals surface area contributed by atoms with Crippen LogP contribution in [0.3, 0.4) is 0 Å². The molecule has 0 amide bonds. The number of nitrogens with zero attached hydrogens (tertiary/aromatic N) is 2. The number of methoxy groups -OCH3 is 1. The molecule has 0 aliphatic heterocycles. The smallest absolute Gasteiger partial charge is 0.265 e. The Bertz CT molecular complexity index is 1340. The average molecular weight is 500 g/mol. The van der Waals surface area contributed by atoms with Gasteiger partial charge in [-0.3, -0.25) is 4.72 Å². The van der Waals surface area contributed by atoms with E-state index < -0.39 is 44.4 Å². The van der Waals surface area contributed by atoms with Gasteiger partial charge < -0.3 is 9.84 Å². The minimum atomic E-state index is -4.45. The average Bonchev–Trinajstić information content (AvgIpc) is 2.76. The lowest BCUT2D eigenvalue weighted by Gasteiger charge is -2.15. The molecule has 32 heavy (non-hydrogen) atoms. The van der Waals surface area contributed by atoms with Gasteiger partial charge in [-0.15, -0.1) is 0 Å². The van der Waals surface area contributed by atoms with Gasteiger partial charge in [-0.25, -0.2) is 27.2 Å². The van der Waals surface area contributed by atoms with Gasteiger partial charge in [0, 0.05) is 23.0 Å². The van der Waals surface area contributed by atoms with Crippen LogP contribution >= 0.6 is 23.2 Å². The maximum atomic E-state index is 14.9. The Morgan fingerprint density at radius 3 is 2.47 bits per heavy atom. The summed E-state index contributed by atoms with van der Waals surface area (Å²) in [6.45, 7) is -0.550. The monoisotopic (exact) mass is 499 g/mol. The molecule has 0 spiro atoms. The first-order chi connectivity index (χ1) is 15.2. The quantitative estimate of drug-likeness (QED) is 0.409. The fourth-order valence-corrected chi connectivity index (χ4v) is 4.33. The summed E-state index contributed by atoms with van der Waals surface area (Å²) in [6.07, 6.45) is 2.52. The highest BCUT2D eigenvalue weighted by molar-refractivity contribution is 7.92. The van der Waals surface area contributed by atoms with Crippen LogP contribution in [0.5, 0.6) is 5.75 Å². The van der Waals surface area contributed by atoms with Gasteiger partial charge in [0.05, 0.1) is 30.5 Å². The summed E-state index contributed by atoms with van der Waals surface area (Å²) in [5, 5.41) is 9.43. The van der Waals surface area contributed by atoms with E-state index in [9.17, 15) is 22.3 Å². The number of anilines is 1. The minimum absolute atomic E-state index is 0.00606. The predicted octanol–water partition coefficient (Wildman–Crippen LogP) is 3.76. The van der Waals surface area contributed by atoms with Gasteiger partial charge in [-0.05, 0) is 35.9 Å². The number of ether oxygens (including phenoxy) is 1. The molecule has 0 bridgehead atoms. The molecule has 166 valence electrons. The van der Waals surface area contributed by atoms with Crippen LogP contribution in [0.25, 0.3) is 0 Å². The van der Waals surface area contributed by atoms with E-state index in [0.717, 1.165) is 18.2 Å². The molecule has 2 N–H and O–H groups in total. The number of halogens is 4. The molecule has 0 fully saturated rings. The standard InChI is InChI=1S/C20H13Cl2F2N3O4S/c1-31-19-12(10-28)6-13(21)7-17(19)32(29,30)27-16-5-4-15(23)14(18(16)24)3-2-11-8-25-20(22)26-9-11/h4-9,27-28H,10H2,1H3. The van der Waals surface area contributed by atoms with Gasteiger partial charge >= 0.3 is 0 Å². The number of aliphatic hydroxyl groups is 1. The van der Waals surface area contributed by atoms with Crippen molar-refractivity contribution in [2.75, 3.05) is 11.8 Å². The van der Waals surface area contributed by atoms with Crippen LogP contribution in [-0.4, -0.2) is 30.6 Å². The van der Waals surface area contributed by atoms with Gasteiger partial charge in [0.2, 0.25) is 5.28 Å². The van der Waals surface area contributed by atoms with E-state index in [2.05, 4.69) is 21.8 Å². The Labute approximate surface area is 192 Å². The van der Waals surface area contributed by atoms with Crippen molar-refractivity contribution in [3.63, 3.8) is 0 Å². The number of aromatic nitrogens is 2. The number of aliphatic hydroxyl groups excluding tert-OH is 1. The second-order valence-electron chi connectivity index (χ2n) is 6.13. The SMILES string of the molecule is COc1c(CO)cc(Cl)cc1S(=O)(=O)Nc1ccc(F)c(C#Cc2cnc(Cl)nc2)c1F. The second-order valence-corrected chi connectivity index (χ2v) is 8.56. The molecule has 0 aliphatic rings. The van der Waals surface area contributed by atoms with Gasteiger partial charge in [0.1, 0.15) is 16.5 Å². The van der Waals surface area contributed by atoms with Crippen molar-refractivity contribution in [1.29, 1.82) is 0 Å². The normalized spacial score (nSPS) is 10.9. The number of rotatable bonds is 5. The predicted molar refractivity (Wildman–Crippen MR) is 114 cm³/mol. The third-order valence-electron chi connectivity index (χ3n) is 4.05. The molecular formula is C20H13Cl2F2N3O4S. The largest absolute Gasteiger partial charge is 0.495 e. The van der Waals surface area contributed by atoms with Crippen LogP contribution < -0.4 is 9.46 Å². The van der Waals surface area contributed by atoms with Crippen molar-refractivity contribution in [3.05, 3.63) is 75.3 Å². The van der Waals surface area contributed by atoms with Gasteiger partial charge in [0.25, 0.3) is 10.0 Å². The Hall–Kier alpha value is -2.97. The lowest BCUT2D eigenvalue weighted by atomic mass is 10.1. The molecule has 0 aliphatic carbocycles. The maximum absolute atomic E-state index is 14.9. The zero-order chi connectivity index (χ0) is 23.5. The van der Waals surface area contributed by atoms with Crippen LogP contribution in [0.4, 0.5) is 14.5 Å². The first kappa shape index (κ1) is 23.7. The molecule has 0 saturated carbocycles. The van der Waals surface area contributed by atoms with E-state index in [0.29, 0.717) is 0 Å². The van der Waals surface area contributed by atoms with Gasteiger partial charge in [-0.2, -0.15) is 0 Å². The summed E-state index contributed by atoms with van der Waals surface area (Å²) >= 11 is 11.5. The highest BCUT2D eigenvalue weighted by atomic mass is 35.5. The van der Waals surface area contributed by atoms with Crippen LogP contribution in [0.1, 0.15) is 16.7 Å². The first-order valence-electron chi connectivity index (χ1n) is 8.64. The number of sulfonamides is 1. The van der Waals surface area contributed by atoms with Crippen LogP contribution in [0.15, 0.2) is 41.6 Å². The van der Waals surface area contributed by atoms with Crippen LogP contribution in [0, 0.1) is 23.5 Å². The summed E-state index contributed by atoms with van der Waals surface area (Å²) in [5.74, 6) is 2.36. The molecule has 0 radical (unpaired) electrons. The Balaban J connectivity index is 2.03. The molecule has 1 heterocycles. The highest BCUT2D eigenvalue weighted by Gasteiger charge is 2.25. The highest BCUT2D eigenvalue weighted by Crippen LogP contribution is 2.33. The Morgan fingerprint density at radius 1 is 1.16 bits per heavy atom. The number of hydrogen-bond acceptors (Lipinski definition) is 6. The fourth-order valence-electron chi connectivity index (χ4n) is 2.63. The Morgan fingerprint density at radius 2 is 1.84 bits per heavy atom. The van der Waals surface area contributed by atoms with Crippen molar-refractivity contribution >= 4 is 38.9 Å². The molecule has 2 aromatic carbocycles. The molecule has 1 aromatic heterocycles. The molecule has 0 unspecified atom stereocenters. The number of nitrogens with one attached hydrogen (secondary N) is 1. The van der Waals surface area contributed by atoms with Crippen molar-refractivity contribution in [2.24, 2.45) is 0 Å². The van der Waals surface area contributed by atoms with E-state index in [-0.39, 0.29) is 27.2 Å². The second kappa shape index (κ2) is 9.67. The third-order valence-corrected chi connectivity index (χ3v) is 5.83. The van der Waals surface area contributed by atoms with E-state index >= 15 is 0 Å². The van der Waals surface area contributed by atoms with Gasteiger partial charge in [-0.1, -0.05) is 23.4 Å². The summed E-state index contributed by atoms with van der Waals surface area (Å²) in [5.41, 5.74) is -0.888. The van der Waals surface area contributed by atoms with Crippen molar-refractivity contribution < 1.29 is 27.0 Å². The van der Waals surface area contributed by atoms with Crippen LogP contribution in [0.2, 0.25) is 10.3 Å². The zero-order valence-corrected chi connectivity index (χ0v) is 18.5. The van der Waals surface area contributed by atoms with E-state index in [1.54, 1.807) is 0 Å². The molecule has 3 aromatic rings. The molecule has 12 heteroatoms. The summed E-state index contributed by atoms with van der Waals surface area (Å²) < 4.78 is 62.0. The van der Waals surface area contributed by atoms with Crippen molar-refractivity contribution in [1.82, 2.24) is 9.97 Å². The number of benzene rings is 2. The molecule has 7 nitrogen and oxygen atoms in total. The lowest BCUT2D eigenvalue weighted by molar-refractivity contribution is 0.272. The third kappa shape index (κ3) is 5.08. The summed E-state index contributed by atoms with van der Waals surface area (Å²) in [4.78, 5) is 6.97. The zero-order valence-electron chi connectivity index (χ0n) is 16.2. The van der Waals surface area contributed by atoms with E-state index in [4.69, 9.17) is 27.9 Å². The molecule has 0 atom stereocenters. The Kier molecular flexibility index (Phi) is 7.16. The summed E-state index contributed by atoms with van der Waals surface area (Å²) in [7, 11) is -3.25. The molecule has 3 rings (SSSR count). The van der Waals surface area contributed by atoms with Gasteiger partial charge in [0.15, 0.2) is 5.82 Å². The first-order valence-corrected chi connectivity index (χ1v) is 10.9. The summed E-state index contributed by atoms with van der Waals surface area (Å²) in [6, 6.07) is 4.16. The fraction of sp³-hybridized carbons (Fsp3) is 0.100. The van der Waals surface area contributed by atoms with Crippen LogP contribution in [-0.2, 0) is 16.6 Å². The molecular weight excluding hydrogens is 487 g/mol. The lowest BCUT2D eigenvalue weighted by Crippen LogP contribution is -2.16. The number of hydrogen-bond donors (Lipinski definition) is 2.